The van der Waals surface area contributed by atoms with Crippen LogP contribution in [0.25, 0.3) is 0 Å². The van der Waals surface area contributed by atoms with Gasteiger partial charge in [0.25, 0.3) is 0 Å². The molecule has 2 aromatic carbocycles. The molecule has 0 aliphatic heterocycles. The van der Waals surface area contributed by atoms with E-state index >= 15 is 0 Å². The van der Waals surface area contributed by atoms with Gasteiger partial charge in [0.1, 0.15) is 6.61 Å². The van der Waals surface area contributed by atoms with Crippen LogP contribution in [0.1, 0.15) is 46.6 Å². The normalized spacial score (nSPS) is 10.6. The van der Waals surface area contributed by atoms with Crippen LogP contribution in [0.2, 0.25) is 0 Å². The molecule has 0 spiro atoms. The average molecular weight is 409 g/mol. The third-order valence-electron chi connectivity index (χ3n) is 4.60. The molecule has 0 aliphatic rings. The zero-order chi connectivity index (χ0) is 21.0. The minimum absolute atomic E-state index is 0.0587. The van der Waals surface area contributed by atoms with E-state index in [2.05, 4.69) is 11.9 Å². The number of hydrogen-bond acceptors (Lipinski definition) is 5. The van der Waals surface area contributed by atoms with E-state index in [4.69, 9.17) is 4.74 Å². The molecule has 0 aliphatic carbocycles. The maximum atomic E-state index is 12.4. The van der Waals surface area contributed by atoms with Gasteiger partial charge in [-0.15, -0.1) is 11.3 Å². The minimum Gasteiger partial charge on any atom is -0.456 e. The fourth-order valence-corrected chi connectivity index (χ4v) is 3.90. The van der Waals surface area contributed by atoms with E-state index < -0.39 is 0 Å². The third-order valence-corrected chi connectivity index (χ3v) is 5.48. The number of ether oxygens (including phenoxy) is 1. The number of anilines is 2. The Kier molecular flexibility index (Phi) is 6.44. The van der Waals surface area contributed by atoms with Crippen molar-refractivity contribution in [3.8, 4) is 0 Å². The summed E-state index contributed by atoms with van der Waals surface area (Å²) in [6.45, 7) is 7.52. The van der Waals surface area contributed by atoms with Gasteiger partial charge in [-0.2, -0.15) is 0 Å². The van der Waals surface area contributed by atoms with Crippen molar-refractivity contribution in [2.24, 2.45) is 0 Å². The van der Waals surface area contributed by atoms with Crippen LogP contribution in [0.5, 0.6) is 0 Å². The Balaban J connectivity index is 1.72. The molecular formula is C23H24N2O3S. The third kappa shape index (κ3) is 4.90. The van der Waals surface area contributed by atoms with Crippen LogP contribution in [0.15, 0.2) is 47.8 Å². The Morgan fingerprint density at radius 1 is 1.10 bits per heavy atom. The first kappa shape index (κ1) is 20.7. The fraction of sp³-hybridized carbons (Fsp3) is 0.261. The van der Waals surface area contributed by atoms with Gasteiger partial charge < -0.3 is 4.74 Å². The number of carbonyl (C=O) groups is 2. The Morgan fingerprint density at radius 2 is 1.83 bits per heavy atom. The summed E-state index contributed by atoms with van der Waals surface area (Å²) in [7, 11) is 0. The highest BCUT2D eigenvalue weighted by Gasteiger charge is 2.19. The molecule has 3 aromatic rings. The van der Waals surface area contributed by atoms with Crippen LogP contribution in [-0.4, -0.2) is 16.9 Å². The predicted molar refractivity (Wildman–Crippen MR) is 116 cm³/mol. The van der Waals surface area contributed by atoms with Gasteiger partial charge in [-0.1, -0.05) is 36.8 Å². The van der Waals surface area contributed by atoms with Gasteiger partial charge in [0, 0.05) is 12.3 Å². The molecular weight excluding hydrogens is 384 g/mol. The molecule has 3 rings (SSSR count). The first-order valence-electron chi connectivity index (χ1n) is 9.47. The van der Waals surface area contributed by atoms with Gasteiger partial charge in [-0.3, -0.25) is 9.69 Å². The van der Waals surface area contributed by atoms with Gasteiger partial charge >= 0.3 is 5.97 Å². The van der Waals surface area contributed by atoms with Gasteiger partial charge in [-0.05, 0) is 49.6 Å². The summed E-state index contributed by atoms with van der Waals surface area (Å²) in [5, 5.41) is 2.36. The molecule has 29 heavy (non-hydrogen) atoms. The molecule has 5 nitrogen and oxygen atoms in total. The van der Waals surface area contributed by atoms with Crippen molar-refractivity contribution in [2.45, 2.75) is 40.7 Å². The monoisotopic (exact) mass is 408 g/mol. The van der Waals surface area contributed by atoms with E-state index in [1.807, 2.05) is 50.2 Å². The molecule has 0 N–H and O–H groups in total. The number of nitrogens with zero attached hydrogens (tertiary/aromatic N) is 2. The van der Waals surface area contributed by atoms with Crippen molar-refractivity contribution in [3.63, 3.8) is 0 Å². The molecule has 0 saturated carbocycles. The zero-order valence-corrected chi connectivity index (χ0v) is 17.9. The summed E-state index contributed by atoms with van der Waals surface area (Å²) >= 11 is 1.35. The van der Waals surface area contributed by atoms with E-state index in [-0.39, 0.29) is 18.5 Å². The number of aromatic nitrogens is 1. The van der Waals surface area contributed by atoms with Crippen molar-refractivity contribution in [3.05, 3.63) is 75.8 Å². The lowest BCUT2D eigenvalue weighted by Gasteiger charge is -2.18. The molecule has 1 heterocycles. The maximum Gasteiger partial charge on any atom is 0.338 e. The van der Waals surface area contributed by atoms with E-state index in [0.29, 0.717) is 16.4 Å². The number of benzene rings is 2. The second-order valence-electron chi connectivity index (χ2n) is 6.89. The van der Waals surface area contributed by atoms with Crippen molar-refractivity contribution in [1.82, 2.24) is 4.98 Å². The summed E-state index contributed by atoms with van der Waals surface area (Å²) in [6.07, 6.45) is 0.938. The van der Waals surface area contributed by atoms with E-state index in [1.54, 1.807) is 16.3 Å². The summed E-state index contributed by atoms with van der Waals surface area (Å²) in [6, 6.07) is 13.5. The van der Waals surface area contributed by atoms with Crippen LogP contribution >= 0.6 is 11.3 Å². The number of thiazole rings is 1. The van der Waals surface area contributed by atoms with Gasteiger partial charge in [0.05, 0.1) is 16.9 Å². The number of amides is 1. The van der Waals surface area contributed by atoms with Crippen LogP contribution in [0.3, 0.4) is 0 Å². The van der Waals surface area contributed by atoms with Gasteiger partial charge in [0.2, 0.25) is 5.91 Å². The Labute approximate surface area is 175 Å². The lowest BCUT2D eigenvalue weighted by atomic mass is 10.1. The van der Waals surface area contributed by atoms with Crippen molar-refractivity contribution >= 4 is 34.0 Å². The molecule has 0 bridgehead atoms. The number of carbonyl (C=O) groups excluding carboxylic acids is 2. The topological polar surface area (TPSA) is 59.5 Å². The molecule has 6 heteroatoms. The summed E-state index contributed by atoms with van der Waals surface area (Å²) in [5.74, 6) is -0.502. The van der Waals surface area contributed by atoms with E-state index in [9.17, 15) is 9.59 Å². The summed E-state index contributed by atoms with van der Waals surface area (Å²) < 4.78 is 5.43. The highest BCUT2D eigenvalue weighted by atomic mass is 32.1. The van der Waals surface area contributed by atoms with Crippen molar-refractivity contribution < 1.29 is 14.3 Å². The average Bonchev–Trinajstić information content (AvgIpc) is 3.15. The predicted octanol–water partition coefficient (Wildman–Crippen LogP) is 5.36. The lowest BCUT2D eigenvalue weighted by molar-refractivity contribution is -0.115. The molecule has 1 amide bonds. The van der Waals surface area contributed by atoms with Crippen molar-refractivity contribution in [1.29, 1.82) is 0 Å². The molecule has 150 valence electrons. The lowest BCUT2D eigenvalue weighted by Crippen LogP contribution is -2.22. The molecule has 0 unspecified atom stereocenters. The molecule has 1 aromatic heterocycles. The smallest absolute Gasteiger partial charge is 0.338 e. The maximum absolute atomic E-state index is 12.4. The Bertz CT molecular complexity index is 1020. The second kappa shape index (κ2) is 9.01. The zero-order valence-electron chi connectivity index (χ0n) is 17.1. The second-order valence-corrected chi connectivity index (χ2v) is 7.73. The highest BCUT2D eigenvalue weighted by Crippen LogP contribution is 2.29. The Hall–Kier alpha value is -2.99. The number of hydrogen-bond donors (Lipinski definition) is 0. The SMILES string of the molecule is CCc1ccc(N(C(C)=O)c2nc(COC(=O)c3ccc(C)cc3C)cs2)cc1. The van der Waals surface area contributed by atoms with E-state index in [0.717, 1.165) is 23.2 Å². The van der Waals surface area contributed by atoms with Crippen molar-refractivity contribution in [2.75, 3.05) is 4.90 Å². The number of esters is 1. The minimum atomic E-state index is -0.379. The van der Waals surface area contributed by atoms with Gasteiger partial charge in [-0.25, -0.2) is 9.78 Å². The molecule has 0 atom stereocenters. The first-order chi connectivity index (χ1) is 13.9. The van der Waals surface area contributed by atoms with Crippen LogP contribution in [0, 0.1) is 13.8 Å². The molecule has 0 saturated heterocycles. The first-order valence-corrected chi connectivity index (χ1v) is 10.4. The highest BCUT2D eigenvalue weighted by molar-refractivity contribution is 7.14. The fourth-order valence-electron chi connectivity index (χ4n) is 3.03. The summed E-state index contributed by atoms with van der Waals surface area (Å²) in [5.41, 5.74) is 5.11. The van der Waals surface area contributed by atoms with Crippen LogP contribution in [-0.2, 0) is 22.6 Å². The van der Waals surface area contributed by atoms with E-state index in [1.165, 1.54) is 23.8 Å². The molecule has 0 radical (unpaired) electrons. The van der Waals surface area contributed by atoms with Crippen LogP contribution < -0.4 is 4.90 Å². The standard InChI is InChI=1S/C23H24N2O3S/c1-5-18-7-9-20(10-8-18)25(17(4)26)23-24-19(14-29-23)13-28-22(27)21-11-6-15(2)12-16(21)3/h6-12,14H,5,13H2,1-4H3. The molecule has 0 fully saturated rings. The number of aryl methyl sites for hydroxylation is 3. The quantitative estimate of drug-likeness (QED) is 0.515. The Morgan fingerprint density at radius 3 is 2.45 bits per heavy atom. The summed E-state index contributed by atoms with van der Waals surface area (Å²) in [4.78, 5) is 30.7. The number of rotatable bonds is 6. The van der Waals surface area contributed by atoms with Crippen LogP contribution in [0.4, 0.5) is 10.8 Å². The van der Waals surface area contributed by atoms with Gasteiger partial charge in [0.15, 0.2) is 5.13 Å². The largest absolute Gasteiger partial charge is 0.456 e.